The number of aromatic amines is 1. The first-order chi connectivity index (χ1) is 7.36. The number of H-pyrrole nitrogens is 1. The predicted octanol–water partition coefficient (Wildman–Crippen LogP) is 3.02. The zero-order valence-electron chi connectivity index (χ0n) is 8.01. The lowest BCUT2D eigenvalue weighted by molar-refractivity contribution is 1.31. The lowest BCUT2D eigenvalue weighted by Crippen LogP contribution is -1.92. The van der Waals surface area contributed by atoms with Crippen molar-refractivity contribution in [3.05, 3.63) is 54.1 Å². The average Bonchev–Trinajstić information content (AvgIpc) is 2.81. The molecule has 0 aliphatic carbocycles. The first-order valence-electron chi connectivity index (χ1n) is 4.55. The molecule has 0 unspecified atom stereocenters. The summed E-state index contributed by atoms with van der Waals surface area (Å²) >= 11 is 6.91. The van der Waals surface area contributed by atoms with Gasteiger partial charge in [-0.2, -0.15) is 0 Å². The molecule has 0 saturated heterocycles. The van der Waals surface area contributed by atoms with Crippen molar-refractivity contribution in [2.45, 2.75) is 5.75 Å². The van der Waals surface area contributed by atoms with Crippen molar-refractivity contribution in [3.63, 3.8) is 0 Å². The topological polar surface area (TPSA) is 28.7 Å². The molecule has 0 fully saturated rings. The predicted molar refractivity (Wildman–Crippen MR) is 68.0 cm³/mol. The number of aromatic nitrogens is 2. The van der Waals surface area contributed by atoms with Crippen LogP contribution in [0, 0.1) is 0 Å². The van der Waals surface area contributed by atoms with Crippen molar-refractivity contribution in [2.24, 2.45) is 0 Å². The number of thioether (sulfide) groups is 1. The van der Waals surface area contributed by atoms with E-state index < -0.39 is 0 Å². The van der Waals surface area contributed by atoms with Crippen molar-refractivity contribution in [1.82, 2.24) is 9.97 Å². The molecule has 15 heavy (non-hydrogen) atoms. The van der Waals surface area contributed by atoms with Gasteiger partial charge in [-0.05, 0) is 5.56 Å². The highest BCUT2D eigenvalue weighted by Crippen LogP contribution is 2.17. The Morgan fingerprint density at radius 1 is 1.33 bits per heavy atom. The van der Waals surface area contributed by atoms with E-state index in [0.717, 1.165) is 15.6 Å². The number of hydrogen-bond donors (Lipinski definition) is 1. The number of rotatable bonds is 3. The summed E-state index contributed by atoms with van der Waals surface area (Å²) in [5, 5.41) is 0. The van der Waals surface area contributed by atoms with Gasteiger partial charge in [0.05, 0.1) is 22.4 Å². The van der Waals surface area contributed by atoms with Gasteiger partial charge in [-0.15, -0.1) is 11.8 Å². The van der Waals surface area contributed by atoms with E-state index in [-0.39, 0.29) is 0 Å². The zero-order valence-corrected chi connectivity index (χ0v) is 9.65. The van der Waals surface area contributed by atoms with E-state index in [1.165, 1.54) is 5.56 Å². The van der Waals surface area contributed by atoms with Crippen LogP contribution in [0.1, 0.15) is 11.3 Å². The molecule has 0 radical (unpaired) electrons. The van der Waals surface area contributed by atoms with Crippen LogP contribution in [0.3, 0.4) is 0 Å². The minimum Gasteiger partial charge on any atom is -0.344 e. The van der Waals surface area contributed by atoms with Gasteiger partial charge in [0.1, 0.15) is 0 Å². The van der Waals surface area contributed by atoms with Crippen LogP contribution in [0.4, 0.5) is 0 Å². The normalized spacial score (nSPS) is 10.1. The van der Waals surface area contributed by atoms with Gasteiger partial charge in [0.15, 0.2) is 0 Å². The summed E-state index contributed by atoms with van der Waals surface area (Å²) in [6, 6.07) is 10.3. The number of thiocarbonyl (C=S) groups is 1. The molecule has 0 atom stereocenters. The molecule has 0 amide bonds. The van der Waals surface area contributed by atoms with Crippen LogP contribution in [0.25, 0.3) is 0 Å². The second-order valence-corrected chi connectivity index (χ2v) is 4.68. The number of nitrogens with zero attached hydrogens (tertiary/aromatic N) is 1. The van der Waals surface area contributed by atoms with Crippen LogP contribution in [-0.4, -0.2) is 14.2 Å². The Kier molecular flexibility index (Phi) is 3.53. The third-order valence-corrected chi connectivity index (χ3v) is 3.46. The molecule has 76 valence electrons. The SMILES string of the molecule is S=C(SCc1ccccc1)c1cnc[nH]1. The maximum absolute atomic E-state index is 5.27. The van der Waals surface area contributed by atoms with Crippen molar-refractivity contribution in [3.8, 4) is 0 Å². The van der Waals surface area contributed by atoms with E-state index in [1.807, 2.05) is 18.2 Å². The molecule has 2 rings (SSSR count). The molecular weight excluding hydrogens is 224 g/mol. The molecule has 0 saturated carbocycles. The standard InChI is InChI=1S/C11H10N2S2/c14-11(10-6-12-8-13-10)15-7-9-4-2-1-3-5-9/h1-6,8H,7H2,(H,12,13). The summed E-state index contributed by atoms with van der Waals surface area (Å²) in [7, 11) is 0. The highest BCUT2D eigenvalue weighted by atomic mass is 32.2. The molecular formula is C11H10N2S2. The second-order valence-electron chi connectivity index (χ2n) is 3.03. The monoisotopic (exact) mass is 234 g/mol. The molecule has 0 spiro atoms. The number of imidazole rings is 1. The largest absolute Gasteiger partial charge is 0.344 e. The molecule has 0 aliphatic rings. The van der Waals surface area contributed by atoms with Crippen molar-refractivity contribution in [2.75, 3.05) is 0 Å². The summed E-state index contributed by atoms with van der Waals surface area (Å²) in [4.78, 5) is 6.94. The fraction of sp³-hybridized carbons (Fsp3) is 0.0909. The van der Waals surface area contributed by atoms with Gasteiger partial charge in [-0.1, -0.05) is 42.5 Å². The molecule has 1 aromatic heterocycles. The van der Waals surface area contributed by atoms with E-state index in [0.29, 0.717) is 0 Å². The minimum absolute atomic E-state index is 0.858. The molecule has 1 aromatic carbocycles. The number of benzene rings is 1. The van der Waals surface area contributed by atoms with Crippen LogP contribution in [0.2, 0.25) is 0 Å². The first kappa shape index (κ1) is 10.4. The Morgan fingerprint density at radius 3 is 2.80 bits per heavy atom. The zero-order chi connectivity index (χ0) is 10.5. The molecule has 2 aromatic rings. The fourth-order valence-electron chi connectivity index (χ4n) is 1.17. The van der Waals surface area contributed by atoms with Crippen molar-refractivity contribution < 1.29 is 0 Å². The number of hydrogen-bond acceptors (Lipinski definition) is 3. The summed E-state index contributed by atoms with van der Waals surface area (Å²) in [5.41, 5.74) is 2.20. The quantitative estimate of drug-likeness (QED) is 0.828. The summed E-state index contributed by atoms with van der Waals surface area (Å²) in [6.07, 6.45) is 3.39. The molecule has 2 nitrogen and oxygen atoms in total. The highest BCUT2D eigenvalue weighted by molar-refractivity contribution is 8.23. The Bertz CT molecular complexity index is 423. The van der Waals surface area contributed by atoms with E-state index in [2.05, 4.69) is 22.1 Å². The van der Waals surface area contributed by atoms with Gasteiger partial charge < -0.3 is 4.98 Å². The third kappa shape index (κ3) is 2.91. The van der Waals surface area contributed by atoms with Gasteiger partial charge in [-0.3, -0.25) is 0 Å². The Balaban J connectivity index is 1.92. The Hall–Kier alpha value is -1.13. The van der Waals surface area contributed by atoms with Crippen LogP contribution in [-0.2, 0) is 5.75 Å². The van der Waals surface area contributed by atoms with Crippen LogP contribution >= 0.6 is 24.0 Å². The lowest BCUT2D eigenvalue weighted by atomic mass is 10.2. The van der Waals surface area contributed by atoms with E-state index in [9.17, 15) is 0 Å². The fourth-order valence-corrected chi connectivity index (χ4v) is 2.21. The Labute approximate surface area is 98.1 Å². The second kappa shape index (κ2) is 5.09. The van der Waals surface area contributed by atoms with Gasteiger partial charge in [0.25, 0.3) is 0 Å². The van der Waals surface area contributed by atoms with Crippen molar-refractivity contribution >= 4 is 28.2 Å². The lowest BCUT2D eigenvalue weighted by Gasteiger charge is -2.01. The third-order valence-electron chi connectivity index (χ3n) is 1.93. The maximum atomic E-state index is 5.27. The van der Waals surface area contributed by atoms with Gasteiger partial charge in [0, 0.05) is 5.75 Å². The van der Waals surface area contributed by atoms with E-state index >= 15 is 0 Å². The van der Waals surface area contributed by atoms with Crippen LogP contribution in [0.15, 0.2) is 42.9 Å². The average molecular weight is 234 g/mol. The van der Waals surface area contributed by atoms with Gasteiger partial charge in [0.2, 0.25) is 0 Å². The number of nitrogens with one attached hydrogen (secondary N) is 1. The molecule has 0 bridgehead atoms. The highest BCUT2D eigenvalue weighted by Gasteiger charge is 2.03. The van der Waals surface area contributed by atoms with E-state index in [1.54, 1.807) is 24.3 Å². The molecule has 4 heteroatoms. The van der Waals surface area contributed by atoms with E-state index in [4.69, 9.17) is 12.2 Å². The molecule has 1 N–H and O–H groups in total. The van der Waals surface area contributed by atoms with Crippen LogP contribution in [0.5, 0.6) is 0 Å². The smallest absolute Gasteiger partial charge is 0.0960 e. The summed E-state index contributed by atoms with van der Waals surface area (Å²) in [6.45, 7) is 0. The molecule has 1 heterocycles. The maximum Gasteiger partial charge on any atom is 0.0960 e. The Morgan fingerprint density at radius 2 is 2.13 bits per heavy atom. The van der Waals surface area contributed by atoms with Crippen molar-refractivity contribution in [1.29, 1.82) is 0 Å². The minimum atomic E-state index is 0.858. The van der Waals surface area contributed by atoms with Crippen LogP contribution < -0.4 is 0 Å². The molecule has 0 aliphatic heterocycles. The summed E-state index contributed by atoms with van der Waals surface area (Å²) < 4.78 is 0.858. The summed E-state index contributed by atoms with van der Waals surface area (Å²) in [5.74, 6) is 0.901. The van der Waals surface area contributed by atoms with Gasteiger partial charge in [-0.25, -0.2) is 4.98 Å². The first-order valence-corrected chi connectivity index (χ1v) is 5.95. The van der Waals surface area contributed by atoms with Gasteiger partial charge >= 0.3 is 0 Å².